The van der Waals surface area contributed by atoms with Gasteiger partial charge in [0.05, 0.1) is 10.7 Å². The maximum atomic E-state index is 5.00. The molecule has 0 saturated heterocycles. The first-order valence-electron chi connectivity index (χ1n) is 7.77. The lowest BCUT2D eigenvalue weighted by Gasteiger charge is -2.06. The molecule has 1 fully saturated rings. The van der Waals surface area contributed by atoms with Crippen molar-refractivity contribution in [1.29, 1.82) is 0 Å². The van der Waals surface area contributed by atoms with Gasteiger partial charge < -0.3 is 5.32 Å². The van der Waals surface area contributed by atoms with Crippen LogP contribution in [-0.2, 0) is 13.0 Å². The van der Waals surface area contributed by atoms with E-state index in [1.165, 1.54) is 41.3 Å². The lowest BCUT2D eigenvalue weighted by molar-refractivity contribution is 0.520. The van der Waals surface area contributed by atoms with E-state index < -0.39 is 0 Å². The molecule has 0 spiro atoms. The van der Waals surface area contributed by atoms with Crippen molar-refractivity contribution < 1.29 is 0 Å². The van der Waals surface area contributed by atoms with Crippen molar-refractivity contribution in [2.24, 2.45) is 11.8 Å². The van der Waals surface area contributed by atoms with Crippen LogP contribution < -0.4 is 5.32 Å². The number of aromatic nitrogens is 1. The first-order chi connectivity index (χ1) is 9.13. The second-order valence-electron chi connectivity index (χ2n) is 6.33. The highest BCUT2D eigenvalue weighted by atomic mass is 32.1. The summed E-state index contributed by atoms with van der Waals surface area (Å²) in [4.78, 5) is 6.46. The fourth-order valence-corrected chi connectivity index (χ4v) is 4.35. The monoisotopic (exact) mass is 280 g/mol. The summed E-state index contributed by atoms with van der Waals surface area (Å²) in [6.45, 7) is 7.87. The van der Waals surface area contributed by atoms with E-state index in [-0.39, 0.29) is 0 Å². The van der Waals surface area contributed by atoms with E-state index in [0.29, 0.717) is 5.92 Å². The van der Waals surface area contributed by atoms with E-state index in [9.17, 15) is 0 Å². The van der Waals surface area contributed by atoms with Gasteiger partial charge in [-0.3, -0.25) is 0 Å². The minimum atomic E-state index is 0.692. The third-order valence-corrected chi connectivity index (χ3v) is 5.46. The molecule has 1 aliphatic carbocycles. The normalized spacial score (nSPS) is 23.4. The number of thiazole rings is 1. The molecule has 1 aromatic heterocycles. The van der Waals surface area contributed by atoms with Crippen LogP contribution in [-0.4, -0.2) is 12.0 Å². The van der Waals surface area contributed by atoms with Gasteiger partial charge in [0.25, 0.3) is 0 Å². The summed E-state index contributed by atoms with van der Waals surface area (Å²) in [6.07, 6.45) is 6.58. The zero-order valence-electron chi connectivity index (χ0n) is 12.8. The Morgan fingerprint density at radius 2 is 2.16 bits per heavy atom. The lowest BCUT2D eigenvalue weighted by atomic mass is 10.0. The summed E-state index contributed by atoms with van der Waals surface area (Å²) >= 11 is 1.96. The minimum absolute atomic E-state index is 0.692. The van der Waals surface area contributed by atoms with Crippen molar-refractivity contribution in [2.75, 3.05) is 7.05 Å². The molecular weight excluding hydrogens is 252 g/mol. The number of hydrogen-bond donors (Lipinski definition) is 1. The van der Waals surface area contributed by atoms with E-state index in [1.807, 2.05) is 18.4 Å². The van der Waals surface area contributed by atoms with Crippen molar-refractivity contribution in [3.05, 3.63) is 15.6 Å². The van der Waals surface area contributed by atoms with Gasteiger partial charge in [-0.1, -0.05) is 27.2 Å². The zero-order valence-corrected chi connectivity index (χ0v) is 13.6. The Kier molecular flexibility index (Phi) is 5.40. The van der Waals surface area contributed by atoms with E-state index in [1.54, 1.807) is 0 Å². The van der Waals surface area contributed by atoms with E-state index in [4.69, 9.17) is 4.98 Å². The second-order valence-corrected chi connectivity index (χ2v) is 7.45. The van der Waals surface area contributed by atoms with Gasteiger partial charge in [0.15, 0.2) is 0 Å². The van der Waals surface area contributed by atoms with Gasteiger partial charge in [0, 0.05) is 17.3 Å². The Morgan fingerprint density at radius 3 is 2.74 bits per heavy atom. The Bertz CT molecular complexity index is 397. The van der Waals surface area contributed by atoms with Gasteiger partial charge >= 0.3 is 0 Å². The van der Waals surface area contributed by atoms with Crippen molar-refractivity contribution in [1.82, 2.24) is 10.3 Å². The van der Waals surface area contributed by atoms with Crippen LogP contribution in [0.3, 0.4) is 0 Å². The lowest BCUT2D eigenvalue weighted by Crippen LogP contribution is -2.07. The molecule has 2 atom stereocenters. The molecule has 1 heterocycles. The quantitative estimate of drug-likeness (QED) is 0.837. The van der Waals surface area contributed by atoms with Crippen molar-refractivity contribution >= 4 is 11.3 Å². The summed E-state index contributed by atoms with van der Waals surface area (Å²) in [5.74, 6) is 2.37. The van der Waals surface area contributed by atoms with Crippen LogP contribution in [0.4, 0.5) is 0 Å². The molecule has 1 aliphatic rings. The molecule has 108 valence electrons. The maximum Gasteiger partial charge on any atom is 0.0962 e. The summed E-state index contributed by atoms with van der Waals surface area (Å²) in [5.41, 5.74) is 1.35. The van der Waals surface area contributed by atoms with Gasteiger partial charge in [0.1, 0.15) is 0 Å². The predicted octanol–water partition coefficient (Wildman–Crippen LogP) is 4.35. The van der Waals surface area contributed by atoms with Crippen LogP contribution in [0.5, 0.6) is 0 Å². The number of nitrogens with zero attached hydrogens (tertiary/aromatic N) is 1. The van der Waals surface area contributed by atoms with Gasteiger partial charge in [-0.05, 0) is 44.6 Å². The van der Waals surface area contributed by atoms with Crippen molar-refractivity contribution in [2.45, 2.75) is 65.3 Å². The molecule has 1 aromatic rings. The van der Waals surface area contributed by atoms with Crippen LogP contribution >= 0.6 is 11.3 Å². The van der Waals surface area contributed by atoms with E-state index in [0.717, 1.165) is 24.8 Å². The SMILES string of the molecule is CCC1CCC(c2nc(CC(C)C)c(CNC)s2)C1. The Hall–Kier alpha value is -0.410. The van der Waals surface area contributed by atoms with Crippen LogP contribution in [0, 0.1) is 11.8 Å². The highest BCUT2D eigenvalue weighted by molar-refractivity contribution is 7.11. The summed E-state index contributed by atoms with van der Waals surface area (Å²) in [5, 5.41) is 4.71. The topological polar surface area (TPSA) is 24.9 Å². The number of nitrogens with one attached hydrogen (secondary N) is 1. The summed E-state index contributed by atoms with van der Waals surface area (Å²) in [7, 11) is 2.03. The predicted molar refractivity (Wildman–Crippen MR) is 83.8 cm³/mol. The van der Waals surface area contributed by atoms with E-state index >= 15 is 0 Å². The minimum Gasteiger partial charge on any atom is -0.315 e. The zero-order chi connectivity index (χ0) is 13.8. The Labute approximate surface area is 122 Å². The molecule has 2 unspecified atom stereocenters. The Balaban J connectivity index is 2.13. The standard InChI is InChI=1S/C16H28N2S/c1-5-12-6-7-13(9-12)16-18-14(8-11(2)3)15(19-16)10-17-4/h11-13,17H,5-10H2,1-4H3. The highest BCUT2D eigenvalue weighted by Crippen LogP contribution is 2.41. The smallest absolute Gasteiger partial charge is 0.0962 e. The van der Waals surface area contributed by atoms with Crippen LogP contribution in [0.2, 0.25) is 0 Å². The third-order valence-electron chi connectivity index (χ3n) is 4.20. The van der Waals surface area contributed by atoms with Crippen molar-refractivity contribution in [3.8, 4) is 0 Å². The van der Waals surface area contributed by atoms with Gasteiger partial charge in [-0.15, -0.1) is 11.3 Å². The van der Waals surface area contributed by atoms with Gasteiger partial charge in [-0.25, -0.2) is 4.98 Å². The molecule has 19 heavy (non-hydrogen) atoms. The fourth-order valence-electron chi connectivity index (χ4n) is 3.09. The molecule has 1 saturated carbocycles. The number of hydrogen-bond acceptors (Lipinski definition) is 3. The Morgan fingerprint density at radius 1 is 1.37 bits per heavy atom. The van der Waals surface area contributed by atoms with Crippen LogP contribution in [0.1, 0.15) is 68.0 Å². The largest absolute Gasteiger partial charge is 0.315 e. The fraction of sp³-hybridized carbons (Fsp3) is 0.812. The summed E-state index contributed by atoms with van der Waals surface area (Å²) in [6, 6.07) is 0. The molecule has 2 rings (SSSR count). The second kappa shape index (κ2) is 6.85. The van der Waals surface area contributed by atoms with Crippen LogP contribution in [0.15, 0.2) is 0 Å². The highest BCUT2D eigenvalue weighted by Gasteiger charge is 2.27. The third kappa shape index (κ3) is 3.79. The van der Waals surface area contributed by atoms with Gasteiger partial charge in [0.2, 0.25) is 0 Å². The molecule has 0 radical (unpaired) electrons. The van der Waals surface area contributed by atoms with E-state index in [2.05, 4.69) is 26.1 Å². The molecular formula is C16H28N2S. The maximum absolute atomic E-state index is 5.00. The average molecular weight is 280 g/mol. The first-order valence-corrected chi connectivity index (χ1v) is 8.58. The molecule has 0 amide bonds. The average Bonchev–Trinajstić information content (AvgIpc) is 2.96. The van der Waals surface area contributed by atoms with Crippen LogP contribution in [0.25, 0.3) is 0 Å². The first kappa shape index (κ1) is 15.0. The molecule has 0 aliphatic heterocycles. The molecule has 2 nitrogen and oxygen atoms in total. The summed E-state index contributed by atoms with van der Waals surface area (Å²) < 4.78 is 0. The number of rotatable bonds is 6. The molecule has 1 N–H and O–H groups in total. The molecule has 3 heteroatoms. The molecule has 0 bridgehead atoms. The van der Waals surface area contributed by atoms with Crippen molar-refractivity contribution in [3.63, 3.8) is 0 Å². The van der Waals surface area contributed by atoms with Gasteiger partial charge in [-0.2, -0.15) is 0 Å². The molecule has 0 aromatic carbocycles.